The molecule has 2 aromatic carbocycles. The van der Waals surface area contributed by atoms with Gasteiger partial charge in [0.25, 0.3) is 11.8 Å². The Morgan fingerprint density at radius 2 is 1.89 bits per heavy atom. The van der Waals surface area contributed by atoms with Crippen LogP contribution in [0.2, 0.25) is 10.0 Å². The molecule has 0 fully saturated rings. The minimum atomic E-state index is -0.533. The van der Waals surface area contributed by atoms with Gasteiger partial charge < -0.3 is 4.74 Å². The highest BCUT2D eigenvalue weighted by atomic mass is 79.9. The summed E-state index contributed by atoms with van der Waals surface area (Å²) >= 11 is 20.1. The molecular weight excluding hydrogens is 477 g/mol. The molecule has 0 unspecified atom stereocenters. The zero-order valence-corrected chi connectivity index (χ0v) is 17.9. The molecule has 10 heteroatoms. The number of nitrogens with one attached hydrogen (secondary N) is 3. The Labute approximate surface area is 179 Å². The third-order valence-corrected chi connectivity index (χ3v) is 4.86. The molecule has 0 aliphatic heterocycles. The van der Waals surface area contributed by atoms with Crippen molar-refractivity contribution >= 4 is 68.3 Å². The van der Waals surface area contributed by atoms with Crippen molar-refractivity contribution in [3.05, 3.63) is 62.0 Å². The van der Waals surface area contributed by atoms with E-state index in [9.17, 15) is 9.59 Å². The highest BCUT2D eigenvalue weighted by molar-refractivity contribution is 9.10. The number of hydrogen-bond acceptors (Lipinski definition) is 4. The molecule has 2 amide bonds. The first-order valence-corrected chi connectivity index (χ1v) is 9.46. The lowest BCUT2D eigenvalue weighted by Gasteiger charge is -2.12. The van der Waals surface area contributed by atoms with E-state index in [1.165, 1.54) is 18.2 Å². The first kappa shape index (κ1) is 21.4. The maximum Gasteiger partial charge on any atom is 0.271 e. The Balaban J connectivity index is 1.78. The minimum absolute atomic E-state index is 0.0889. The Hall–Kier alpha value is -1.87. The fourth-order valence-corrected chi connectivity index (χ4v) is 2.81. The number of ether oxygens (including phenoxy) is 1. The van der Waals surface area contributed by atoms with Gasteiger partial charge >= 0.3 is 0 Å². The van der Waals surface area contributed by atoms with Crippen LogP contribution in [0.3, 0.4) is 0 Å². The Morgan fingerprint density at radius 1 is 1.15 bits per heavy atom. The zero-order chi connectivity index (χ0) is 20.0. The van der Waals surface area contributed by atoms with Crippen molar-refractivity contribution in [3.63, 3.8) is 0 Å². The summed E-state index contributed by atoms with van der Waals surface area (Å²) in [5.41, 5.74) is 5.93. The summed E-state index contributed by atoms with van der Waals surface area (Å²) in [6, 6.07) is 9.80. The molecule has 0 saturated heterocycles. The molecule has 0 saturated carbocycles. The monoisotopic (exact) mass is 489 g/mol. The SMILES string of the molecule is Cc1cc(OCC(=O)NC(=S)NNC(=O)c2ccc(Cl)cc2Cl)ccc1Br. The van der Waals surface area contributed by atoms with Gasteiger partial charge in [0.1, 0.15) is 5.75 Å². The molecule has 0 radical (unpaired) electrons. The van der Waals surface area contributed by atoms with Gasteiger partial charge in [0.05, 0.1) is 10.6 Å². The van der Waals surface area contributed by atoms with Gasteiger partial charge in [-0.15, -0.1) is 0 Å². The molecule has 6 nitrogen and oxygen atoms in total. The van der Waals surface area contributed by atoms with Gasteiger partial charge in [-0.1, -0.05) is 39.1 Å². The summed E-state index contributed by atoms with van der Waals surface area (Å²) in [6.07, 6.45) is 0. The predicted molar refractivity (Wildman–Crippen MR) is 112 cm³/mol. The van der Waals surface area contributed by atoms with E-state index < -0.39 is 11.8 Å². The molecular formula is C17H14BrCl2N3O3S. The number of aryl methyl sites for hydroxylation is 1. The number of carbonyl (C=O) groups is 2. The smallest absolute Gasteiger partial charge is 0.271 e. The topological polar surface area (TPSA) is 79.5 Å². The third kappa shape index (κ3) is 6.66. The largest absolute Gasteiger partial charge is 0.484 e. The normalized spacial score (nSPS) is 10.1. The minimum Gasteiger partial charge on any atom is -0.484 e. The van der Waals surface area contributed by atoms with Crippen LogP contribution in [0.25, 0.3) is 0 Å². The van der Waals surface area contributed by atoms with Crippen LogP contribution in [0, 0.1) is 6.92 Å². The molecule has 3 N–H and O–H groups in total. The Bertz CT molecular complexity index is 896. The number of halogens is 3. The summed E-state index contributed by atoms with van der Waals surface area (Å²) < 4.78 is 6.33. The molecule has 0 aliphatic carbocycles. The molecule has 0 atom stereocenters. The van der Waals surface area contributed by atoms with Crippen LogP contribution in [0.5, 0.6) is 5.75 Å². The van der Waals surface area contributed by atoms with Crippen molar-refractivity contribution in [1.82, 2.24) is 16.2 Å². The van der Waals surface area contributed by atoms with E-state index in [1.807, 2.05) is 13.0 Å². The van der Waals surface area contributed by atoms with Crippen molar-refractivity contribution in [2.45, 2.75) is 6.92 Å². The van der Waals surface area contributed by atoms with E-state index in [0.29, 0.717) is 10.8 Å². The lowest BCUT2D eigenvalue weighted by atomic mass is 10.2. The highest BCUT2D eigenvalue weighted by Crippen LogP contribution is 2.22. The average molecular weight is 491 g/mol. The standard InChI is InChI=1S/C17H14BrCl2N3O3S/c1-9-6-11(3-5-13(9)18)26-8-15(24)21-17(27)23-22-16(25)12-4-2-10(19)7-14(12)20/h2-7H,8H2,1H3,(H,22,25)(H2,21,23,24,27). The first-order valence-electron chi connectivity index (χ1n) is 7.50. The third-order valence-electron chi connectivity index (χ3n) is 3.22. The maximum absolute atomic E-state index is 12.0. The summed E-state index contributed by atoms with van der Waals surface area (Å²) in [5.74, 6) is -0.461. The van der Waals surface area contributed by atoms with Crippen molar-refractivity contribution in [2.75, 3.05) is 6.61 Å². The van der Waals surface area contributed by atoms with Crippen LogP contribution in [0.4, 0.5) is 0 Å². The van der Waals surface area contributed by atoms with Gasteiger partial charge in [-0.25, -0.2) is 0 Å². The number of hydrazine groups is 1. The summed E-state index contributed by atoms with van der Waals surface area (Å²) in [5, 5.41) is 2.90. The van der Waals surface area contributed by atoms with E-state index in [4.69, 9.17) is 40.2 Å². The molecule has 0 bridgehead atoms. The molecule has 142 valence electrons. The summed E-state index contributed by atoms with van der Waals surface area (Å²) in [4.78, 5) is 23.9. The summed E-state index contributed by atoms with van der Waals surface area (Å²) in [7, 11) is 0. The van der Waals surface area contributed by atoms with Crippen LogP contribution < -0.4 is 20.9 Å². The van der Waals surface area contributed by atoms with Crippen LogP contribution in [-0.4, -0.2) is 23.5 Å². The molecule has 2 rings (SSSR count). The fourth-order valence-electron chi connectivity index (χ4n) is 1.90. The fraction of sp³-hybridized carbons (Fsp3) is 0.118. The second kappa shape index (κ2) is 9.89. The molecule has 0 aromatic heterocycles. The second-order valence-electron chi connectivity index (χ2n) is 5.28. The molecule has 2 aromatic rings. The Kier molecular flexibility index (Phi) is 7.85. The molecule has 0 aliphatic rings. The number of carbonyl (C=O) groups excluding carboxylic acids is 2. The van der Waals surface area contributed by atoms with Crippen LogP contribution in [-0.2, 0) is 4.79 Å². The van der Waals surface area contributed by atoms with E-state index in [0.717, 1.165) is 10.0 Å². The van der Waals surface area contributed by atoms with E-state index in [1.54, 1.807) is 12.1 Å². The highest BCUT2D eigenvalue weighted by Gasteiger charge is 2.12. The van der Waals surface area contributed by atoms with Crippen LogP contribution in [0.1, 0.15) is 15.9 Å². The molecule has 0 spiro atoms. The quantitative estimate of drug-likeness (QED) is 0.449. The lowest BCUT2D eigenvalue weighted by molar-refractivity contribution is -0.121. The molecule has 27 heavy (non-hydrogen) atoms. The molecule has 0 heterocycles. The zero-order valence-electron chi connectivity index (χ0n) is 13.9. The summed E-state index contributed by atoms with van der Waals surface area (Å²) in [6.45, 7) is 1.67. The maximum atomic E-state index is 12.0. The number of benzene rings is 2. The van der Waals surface area contributed by atoms with Crippen molar-refractivity contribution in [2.24, 2.45) is 0 Å². The van der Waals surface area contributed by atoms with E-state index in [-0.39, 0.29) is 22.3 Å². The van der Waals surface area contributed by atoms with Crippen molar-refractivity contribution in [3.8, 4) is 5.75 Å². The van der Waals surface area contributed by atoms with Gasteiger partial charge in [0.2, 0.25) is 0 Å². The van der Waals surface area contributed by atoms with E-state index >= 15 is 0 Å². The van der Waals surface area contributed by atoms with Gasteiger partial charge in [-0.05, 0) is 61.1 Å². The Morgan fingerprint density at radius 3 is 2.56 bits per heavy atom. The van der Waals surface area contributed by atoms with Crippen LogP contribution in [0.15, 0.2) is 40.9 Å². The van der Waals surface area contributed by atoms with E-state index in [2.05, 4.69) is 32.1 Å². The lowest BCUT2D eigenvalue weighted by Crippen LogP contribution is -2.49. The van der Waals surface area contributed by atoms with Gasteiger partial charge in [-0.3, -0.25) is 25.8 Å². The van der Waals surface area contributed by atoms with Crippen molar-refractivity contribution in [1.29, 1.82) is 0 Å². The number of hydrogen-bond donors (Lipinski definition) is 3. The van der Waals surface area contributed by atoms with Gasteiger partial charge in [-0.2, -0.15) is 0 Å². The predicted octanol–water partition coefficient (Wildman–Crippen LogP) is 3.78. The average Bonchev–Trinajstić information content (AvgIpc) is 2.60. The van der Waals surface area contributed by atoms with Crippen LogP contribution >= 0.6 is 51.3 Å². The van der Waals surface area contributed by atoms with Gasteiger partial charge in [0.15, 0.2) is 11.7 Å². The second-order valence-corrected chi connectivity index (χ2v) is 7.39. The van der Waals surface area contributed by atoms with Crippen molar-refractivity contribution < 1.29 is 14.3 Å². The van der Waals surface area contributed by atoms with Gasteiger partial charge in [0, 0.05) is 9.50 Å². The first-order chi connectivity index (χ1) is 12.8. The number of amides is 2. The number of rotatable bonds is 4. The number of thiocarbonyl (C=S) groups is 1.